The van der Waals surface area contributed by atoms with E-state index >= 15 is 0 Å². The molecule has 1 fully saturated rings. The van der Waals surface area contributed by atoms with Gasteiger partial charge in [0, 0.05) is 16.5 Å². The maximum absolute atomic E-state index is 9.30. The van der Waals surface area contributed by atoms with Gasteiger partial charge in [0.05, 0.1) is 11.6 Å². The molecule has 0 aliphatic heterocycles. The largest absolute Gasteiger partial charge is 0.482 e. The maximum Gasteiger partial charge on any atom is 0.264 e. The Balaban J connectivity index is 1.73. The second-order valence-electron chi connectivity index (χ2n) is 4.64. The van der Waals surface area contributed by atoms with Crippen LogP contribution in [-0.4, -0.2) is 15.2 Å². The van der Waals surface area contributed by atoms with E-state index in [4.69, 9.17) is 32.5 Å². The van der Waals surface area contributed by atoms with Crippen molar-refractivity contribution in [2.24, 2.45) is 0 Å². The first-order valence-electron chi connectivity index (χ1n) is 6.21. The molecule has 1 aromatic heterocycles. The Bertz CT molecular complexity index is 626. The van der Waals surface area contributed by atoms with Crippen LogP contribution in [0.4, 0.5) is 0 Å². The number of aromatic nitrogens is 2. The molecule has 1 saturated carbocycles. The number of aliphatic hydroxyl groups excluding tert-OH is 1. The van der Waals surface area contributed by atoms with Gasteiger partial charge in [-0.2, -0.15) is 4.98 Å². The van der Waals surface area contributed by atoms with Crippen molar-refractivity contribution < 1.29 is 14.4 Å². The van der Waals surface area contributed by atoms with Crippen LogP contribution >= 0.6 is 23.2 Å². The van der Waals surface area contributed by atoms with Gasteiger partial charge in [0.15, 0.2) is 12.4 Å². The zero-order valence-corrected chi connectivity index (χ0v) is 12.0. The highest BCUT2D eigenvalue weighted by Crippen LogP contribution is 2.38. The fourth-order valence-electron chi connectivity index (χ4n) is 1.86. The highest BCUT2D eigenvalue weighted by molar-refractivity contribution is 6.35. The van der Waals surface area contributed by atoms with Gasteiger partial charge in [-0.05, 0) is 25.0 Å². The van der Waals surface area contributed by atoms with E-state index < -0.39 is 0 Å². The average molecular weight is 315 g/mol. The van der Waals surface area contributed by atoms with Crippen molar-refractivity contribution >= 4 is 23.2 Å². The van der Waals surface area contributed by atoms with Crippen molar-refractivity contribution in [2.75, 3.05) is 0 Å². The molecule has 106 valence electrons. The number of hydrogen-bond donors (Lipinski definition) is 1. The Morgan fingerprint density at radius 1 is 1.35 bits per heavy atom. The summed E-state index contributed by atoms with van der Waals surface area (Å²) in [5, 5.41) is 14.0. The van der Waals surface area contributed by atoms with Crippen LogP contribution in [0.5, 0.6) is 5.75 Å². The summed E-state index contributed by atoms with van der Waals surface area (Å²) in [4.78, 5) is 4.26. The molecule has 3 rings (SSSR count). The molecule has 1 aromatic carbocycles. The van der Waals surface area contributed by atoms with Crippen LogP contribution in [0.2, 0.25) is 10.0 Å². The lowest BCUT2D eigenvalue weighted by atomic mass is 10.2. The smallest absolute Gasteiger partial charge is 0.264 e. The summed E-state index contributed by atoms with van der Waals surface area (Å²) in [7, 11) is 0. The predicted octanol–water partition coefficient (Wildman–Crippen LogP) is 3.33. The molecule has 0 unspecified atom stereocenters. The van der Waals surface area contributed by atoms with E-state index in [1.54, 1.807) is 12.1 Å². The lowest BCUT2D eigenvalue weighted by Crippen LogP contribution is -2.00. The molecule has 0 bridgehead atoms. The molecule has 1 heterocycles. The summed E-state index contributed by atoms with van der Waals surface area (Å²) in [6.07, 6.45) is 2.22. The minimum absolute atomic E-state index is 0.105. The highest BCUT2D eigenvalue weighted by Gasteiger charge is 2.28. The molecule has 1 aliphatic carbocycles. The first-order chi connectivity index (χ1) is 9.67. The average Bonchev–Trinajstić information content (AvgIpc) is 3.16. The molecule has 0 radical (unpaired) electrons. The van der Waals surface area contributed by atoms with Crippen molar-refractivity contribution in [3.63, 3.8) is 0 Å². The van der Waals surface area contributed by atoms with Gasteiger partial charge in [-0.15, -0.1) is 0 Å². The van der Waals surface area contributed by atoms with Gasteiger partial charge >= 0.3 is 0 Å². The minimum atomic E-state index is -0.216. The first kappa shape index (κ1) is 13.7. The van der Waals surface area contributed by atoms with Gasteiger partial charge in [0.2, 0.25) is 0 Å². The van der Waals surface area contributed by atoms with Crippen LogP contribution < -0.4 is 4.74 Å². The van der Waals surface area contributed by atoms with Crippen LogP contribution in [0.3, 0.4) is 0 Å². The molecular weight excluding hydrogens is 303 g/mol. The van der Waals surface area contributed by atoms with Crippen molar-refractivity contribution in [3.8, 4) is 5.75 Å². The minimum Gasteiger partial charge on any atom is -0.482 e. The first-order valence-corrected chi connectivity index (χ1v) is 6.97. The number of ether oxygens (including phenoxy) is 1. The Morgan fingerprint density at radius 3 is 2.85 bits per heavy atom. The standard InChI is InChI=1S/C13H12Cl2N2O3/c14-9-3-8(5-18)12(10(15)4-9)19-6-11-16-13(17-20-11)7-1-2-7/h3-4,7,18H,1-2,5-6H2. The molecule has 0 saturated heterocycles. The molecule has 0 amide bonds. The third kappa shape index (κ3) is 2.90. The Morgan fingerprint density at radius 2 is 2.15 bits per heavy atom. The molecule has 0 spiro atoms. The van der Waals surface area contributed by atoms with E-state index in [9.17, 15) is 5.11 Å². The van der Waals surface area contributed by atoms with Gasteiger partial charge in [-0.25, -0.2) is 0 Å². The lowest BCUT2D eigenvalue weighted by molar-refractivity contribution is 0.229. The maximum atomic E-state index is 9.30. The molecule has 20 heavy (non-hydrogen) atoms. The van der Waals surface area contributed by atoms with E-state index in [2.05, 4.69) is 10.1 Å². The Hall–Kier alpha value is -1.30. The van der Waals surface area contributed by atoms with E-state index in [0.717, 1.165) is 18.7 Å². The topological polar surface area (TPSA) is 68.4 Å². The van der Waals surface area contributed by atoms with Crippen LogP contribution in [0.15, 0.2) is 16.7 Å². The van der Waals surface area contributed by atoms with E-state index in [1.165, 1.54) is 0 Å². The second-order valence-corrected chi connectivity index (χ2v) is 5.49. The molecule has 0 atom stereocenters. The van der Waals surface area contributed by atoms with Gasteiger partial charge in [0.25, 0.3) is 5.89 Å². The molecule has 5 nitrogen and oxygen atoms in total. The number of hydrogen-bond acceptors (Lipinski definition) is 5. The van der Waals surface area contributed by atoms with Crippen LogP contribution in [0.1, 0.15) is 36.0 Å². The van der Waals surface area contributed by atoms with Gasteiger partial charge in [0.1, 0.15) is 5.75 Å². The Kier molecular flexibility index (Phi) is 3.83. The van der Waals surface area contributed by atoms with E-state index in [-0.39, 0.29) is 13.2 Å². The summed E-state index contributed by atoms with van der Waals surface area (Å²) >= 11 is 11.9. The fourth-order valence-corrected chi connectivity index (χ4v) is 2.45. The van der Waals surface area contributed by atoms with Crippen LogP contribution in [0.25, 0.3) is 0 Å². The van der Waals surface area contributed by atoms with Gasteiger partial charge < -0.3 is 14.4 Å². The molecule has 1 N–H and O–H groups in total. The summed E-state index contributed by atoms with van der Waals surface area (Å²) in [6.45, 7) is -0.110. The quantitative estimate of drug-likeness (QED) is 0.916. The van der Waals surface area contributed by atoms with Gasteiger partial charge in [-0.1, -0.05) is 28.4 Å². The van der Waals surface area contributed by atoms with Crippen molar-refractivity contribution in [3.05, 3.63) is 39.5 Å². The van der Waals surface area contributed by atoms with Gasteiger partial charge in [-0.3, -0.25) is 0 Å². The highest BCUT2D eigenvalue weighted by atomic mass is 35.5. The third-order valence-corrected chi connectivity index (χ3v) is 3.52. The van der Waals surface area contributed by atoms with Crippen LogP contribution in [-0.2, 0) is 13.2 Å². The molecule has 2 aromatic rings. The lowest BCUT2D eigenvalue weighted by Gasteiger charge is -2.10. The van der Waals surface area contributed by atoms with Crippen LogP contribution in [0, 0.1) is 0 Å². The second kappa shape index (κ2) is 5.60. The van der Waals surface area contributed by atoms with E-state index in [0.29, 0.717) is 33.2 Å². The normalized spacial score (nSPS) is 14.6. The van der Waals surface area contributed by atoms with Crippen molar-refractivity contribution in [1.29, 1.82) is 0 Å². The fraction of sp³-hybridized carbons (Fsp3) is 0.385. The third-order valence-electron chi connectivity index (χ3n) is 3.02. The number of benzene rings is 1. The number of rotatable bonds is 5. The summed E-state index contributed by atoms with van der Waals surface area (Å²) in [5.41, 5.74) is 0.518. The SMILES string of the molecule is OCc1cc(Cl)cc(Cl)c1OCc1nc(C2CC2)no1. The zero-order chi connectivity index (χ0) is 14.1. The monoisotopic (exact) mass is 314 g/mol. The summed E-state index contributed by atoms with van der Waals surface area (Å²) in [5.74, 6) is 1.93. The summed E-state index contributed by atoms with van der Waals surface area (Å²) < 4.78 is 10.7. The Labute approximate surface area is 125 Å². The number of nitrogens with zero attached hydrogens (tertiary/aromatic N) is 2. The predicted molar refractivity (Wildman–Crippen MR) is 73.0 cm³/mol. The number of halogens is 2. The van der Waals surface area contributed by atoms with Crippen molar-refractivity contribution in [1.82, 2.24) is 10.1 Å². The molecular formula is C13H12Cl2N2O3. The van der Waals surface area contributed by atoms with Crippen molar-refractivity contribution in [2.45, 2.75) is 32.0 Å². The molecule has 7 heteroatoms. The molecule has 1 aliphatic rings. The van der Waals surface area contributed by atoms with E-state index in [1.807, 2.05) is 0 Å². The number of aliphatic hydroxyl groups is 1. The summed E-state index contributed by atoms with van der Waals surface area (Å²) in [6, 6.07) is 3.16. The zero-order valence-electron chi connectivity index (χ0n) is 10.5.